The van der Waals surface area contributed by atoms with E-state index in [1.165, 1.54) is 31.2 Å². The quantitative estimate of drug-likeness (QED) is 0.459. The Morgan fingerprint density at radius 1 is 0.868 bits per heavy atom. The van der Waals surface area contributed by atoms with Crippen LogP contribution in [-0.4, -0.2) is 55.4 Å². The number of carbonyl (C=O) groups excluding carboxylic acids is 1. The fraction of sp³-hybridized carbons (Fsp3) is 0.581. The lowest BCUT2D eigenvalue weighted by molar-refractivity contribution is 0.0127. The average molecular weight is 538 g/mol. The van der Waals surface area contributed by atoms with Crippen molar-refractivity contribution >= 4 is 23.3 Å². The summed E-state index contributed by atoms with van der Waals surface area (Å²) in [6.45, 7) is 3.39. The summed E-state index contributed by atoms with van der Waals surface area (Å²) in [4.78, 5) is 14.8. The maximum Gasteiger partial charge on any atom is 0.321 e. The van der Waals surface area contributed by atoms with Crippen LogP contribution in [0.2, 0.25) is 5.02 Å². The molecule has 38 heavy (non-hydrogen) atoms. The molecule has 0 aliphatic carbocycles. The number of hydrogen-bond acceptors (Lipinski definition) is 4. The van der Waals surface area contributed by atoms with Crippen molar-refractivity contribution in [3.63, 3.8) is 0 Å². The predicted octanol–water partition coefficient (Wildman–Crippen LogP) is 6.46. The maximum absolute atomic E-state index is 12.9. The van der Waals surface area contributed by atoms with Crippen LogP contribution in [0, 0.1) is 11.8 Å². The lowest BCUT2D eigenvalue weighted by Crippen LogP contribution is -2.54. The van der Waals surface area contributed by atoms with Gasteiger partial charge in [0.25, 0.3) is 0 Å². The second kappa shape index (κ2) is 11.8. The molecule has 4 aliphatic rings. The van der Waals surface area contributed by atoms with Gasteiger partial charge in [0.15, 0.2) is 0 Å². The molecule has 4 saturated heterocycles. The number of anilines is 1. The van der Waals surface area contributed by atoms with Crippen molar-refractivity contribution in [2.45, 2.75) is 75.5 Å². The van der Waals surface area contributed by atoms with Gasteiger partial charge in [-0.15, -0.1) is 0 Å². The lowest BCUT2D eigenvalue weighted by Gasteiger charge is -2.46. The van der Waals surface area contributed by atoms with Gasteiger partial charge in [0.2, 0.25) is 0 Å². The molecule has 0 spiro atoms. The molecule has 4 heterocycles. The summed E-state index contributed by atoms with van der Waals surface area (Å²) in [7, 11) is 0. The summed E-state index contributed by atoms with van der Waals surface area (Å²) in [5, 5.41) is 7.68. The number of carbonyl (C=O) groups is 1. The zero-order valence-electron chi connectivity index (χ0n) is 22.1. The molecule has 2 amide bonds. The van der Waals surface area contributed by atoms with E-state index < -0.39 is 0 Å². The maximum atomic E-state index is 12.9. The van der Waals surface area contributed by atoms with Crippen LogP contribution in [0.15, 0.2) is 48.5 Å². The third-order valence-electron chi connectivity index (χ3n) is 9.21. The van der Waals surface area contributed by atoms with Crippen molar-refractivity contribution in [2.24, 2.45) is 11.8 Å². The molecule has 2 bridgehead atoms. The van der Waals surface area contributed by atoms with Crippen molar-refractivity contribution in [3.8, 4) is 5.75 Å². The number of hydrogen-bond donors (Lipinski definition) is 2. The van der Waals surface area contributed by atoms with E-state index in [0.29, 0.717) is 18.0 Å². The van der Waals surface area contributed by atoms with E-state index in [4.69, 9.17) is 21.1 Å². The van der Waals surface area contributed by atoms with Crippen LogP contribution in [-0.2, 0) is 4.74 Å². The van der Waals surface area contributed by atoms with Crippen LogP contribution in [0.4, 0.5) is 10.5 Å². The van der Waals surface area contributed by atoms with Crippen LogP contribution >= 0.6 is 11.6 Å². The topological polar surface area (TPSA) is 62.8 Å². The Morgan fingerprint density at radius 3 is 2.18 bits per heavy atom. The highest BCUT2D eigenvalue weighted by Crippen LogP contribution is 2.38. The van der Waals surface area contributed by atoms with Gasteiger partial charge in [0.1, 0.15) is 11.9 Å². The number of halogens is 1. The van der Waals surface area contributed by atoms with Crippen LogP contribution in [0.3, 0.4) is 0 Å². The SMILES string of the molecule is O=C(Nc1ccc(OC2C[C@@H]3CC(C4CCOCC4)C[C@H](C2)N3)cc1)N1CCC(c2ccc(Cl)cc2)CC1. The molecule has 2 aromatic carbocycles. The van der Waals surface area contributed by atoms with Crippen LogP contribution < -0.4 is 15.4 Å². The number of likely N-dealkylation sites (tertiary alicyclic amines) is 1. The van der Waals surface area contributed by atoms with Gasteiger partial charge < -0.3 is 25.0 Å². The molecule has 6 rings (SSSR count). The molecule has 6 nitrogen and oxygen atoms in total. The molecule has 4 aliphatic heterocycles. The third kappa shape index (κ3) is 6.30. The van der Waals surface area contributed by atoms with Gasteiger partial charge in [-0.25, -0.2) is 4.79 Å². The number of rotatable bonds is 5. The van der Waals surface area contributed by atoms with Gasteiger partial charge in [-0.05, 0) is 111 Å². The number of urea groups is 1. The highest BCUT2D eigenvalue weighted by Gasteiger charge is 2.39. The second-order valence-corrected chi connectivity index (χ2v) is 12.2. The minimum atomic E-state index is -0.0292. The van der Waals surface area contributed by atoms with Crippen LogP contribution in [0.25, 0.3) is 0 Å². The molecule has 0 radical (unpaired) electrons. The molecule has 0 aromatic heterocycles. The standard InChI is InChI=1S/C31H40ClN3O3/c32-25-3-1-21(2-4-25)22-9-13-35(14-10-22)31(36)34-26-5-7-29(8-6-26)38-30-19-27-17-24(18-28(20-30)33-27)23-11-15-37-16-12-23/h1-8,22-24,27-28,30,33H,9-20H2,(H,34,36)/t24?,27-,28+,30?. The Bertz CT molecular complexity index is 1050. The number of piperidine rings is 3. The molecule has 204 valence electrons. The van der Waals surface area contributed by atoms with E-state index in [-0.39, 0.29) is 12.1 Å². The first-order valence-corrected chi connectivity index (χ1v) is 14.9. The van der Waals surface area contributed by atoms with E-state index in [2.05, 4.69) is 22.8 Å². The van der Waals surface area contributed by atoms with Gasteiger partial charge in [0, 0.05) is 49.1 Å². The minimum absolute atomic E-state index is 0.0292. The average Bonchev–Trinajstić information content (AvgIpc) is 2.94. The summed E-state index contributed by atoms with van der Waals surface area (Å²) >= 11 is 6.03. The Morgan fingerprint density at radius 2 is 1.53 bits per heavy atom. The first kappa shape index (κ1) is 26.0. The molecular weight excluding hydrogens is 498 g/mol. The number of amides is 2. The van der Waals surface area contributed by atoms with Crippen molar-refractivity contribution in [1.82, 2.24) is 10.2 Å². The summed E-state index contributed by atoms with van der Waals surface area (Å²) < 4.78 is 12.0. The first-order chi connectivity index (χ1) is 18.6. The van der Waals surface area contributed by atoms with Gasteiger partial charge in [0.05, 0.1) is 0 Å². The van der Waals surface area contributed by atoms with Gasteiger partial charge >= 0.3 is 6.03 Å². The Labute approximate surface area is 231 Å². The summed E-state index contributed by atoms with van der Waals surface area (Å²) in [5.74, 6) is 3.04. The molecule has 2 unspecified atom stereocenters. The Kier molecular flexibility index (Phi) is 8.10. The minimum Gasteiger partial charge on any atom is -0.490 e. The molecule has 4 atom stereocenters. The number of nitrogens with zero attached hydrogens (tertiary/aromatic N) is 1. The molecular formula is C31H40ClN3O3. The van der Waals surface area contributed by atoms with Crippen molar-refractivity contribution in [1.29, 1.82) is 0 Å². The van der Waals surface area contributed by atoms with Crippen molar-refractivity contribution < 1.29 is 14.3 Å². The largest absolute Gasteiger partial charge is 0.490 e. The zero-order valence-corrected chi connectivity index (χ0v) is 22.9. The normalized spacial score (nSPS) is 28.6. The fourth-order valence-electron chi connectivity index (χ4n) is 7.19. The van der Waals surface area contributed by atoms with Crippen LogP contribution in [0.5, 0.6) is 5.75 Å². The van der Waals surface area contributed by atoms with Gasteiger partial charge in [-0.3, -0.25) is 0 Å². The highest BCUT2D eigenvalue weighted by molar-refractivity contribution is 6.30. The molecule has 0 saturated carbocycles. The molecule has 4 fully saturated rings. The Hall–Kier alpha value is -2.28. The summed E-state index contributed by atoms with van der Waals surface area (Å²) in [5.41, 5.74) is 2.12. The number of nitrogens with one attached hydrogen (secondary N) is 2. The third-order valence-corrected chi connectivity index (χ3v) is 9.46. The summed E-state index contributed by atoms with van der Waals surface area (Å²) in [6.07, 6.45) is 9.33. The first-order valence-electron chi connectivity index (χ1n) is 14.5. The monoisotopic (exact) mass is 537 g/mol. The molecule has 2 N–H and O–H groups in total. The van der Waals surface area contributed by atoms with E-state index in [1.54, 1.807) is 0 Å². The van der Waals surface area contributed by atoms with E-state index in [9.17, 15) is 4.79 Å². The van der Waals surface area contributed by atoms with E-state index >= 15 is 0 Å². The molecule has 7 heteroatoms. The second-order valence-electron chi connectivity index (χ2n) is 11.7. The van der Waals surface area contributed by atoms with Gasteiger partial charge in [-0.2, -0.15) is 0 Å². The van der Waals surface area contributed by atoms with Crippen molar-refractivity contribution in [3.05, 3.63) is 59.1 Å². The number of ether oxygens (including phenoxy) is 2. The highest BCUT2D eigenvalue weighted by atomic mass is 35.5. The number of benzene rings is 2. The predicted molar refractivity (Wildman–Crippen MR) is 151 cm³/mol. The zero-order chi connectivity index (χ0) is 25.9. The fourth-order valence-corrected chi connectivity index (χ4v) is 7.31. The Balaban J connectivity index is 0.958. The van der Waals surface area contributed by atoms with E-state index in [1.807, 2.05) is 41.3 Å². The number of fused-ring (bicyclic) bond motifs is 2. The molecule has 2 aromatic rings. The van der Waals surface area contributed by atoms with Crippen molar-refractivity contribution in [2.75, 3.05) is 31.6 Å². The van der Waals surface area contributed by atoms with Crippen LogP contribution in [0.1, 0.15) is 62.8 Å². The van der Waals surface area contributed by atoms with Gasteiger partial charge in [-0.1, -0.05) is 23.7 Å². The summed E-state index contributed by atoms with van der Waals surface area (Å²) in [6, 6.07) is 17.1. The lowest BCUT2D eigenvalue weighted by atomic mass is 9.72. The smallest absolute Gasteiger partial charge is 0.321 e. The van der Waals surface area contributed by atoms with E-state index in [0.717, 1.165) is 80.3 Å².